The first-order valence-electron chi connectivity index (χ1n) is 8.58. The quantitative estimate of drug-likeness (QED) is 0.557. The molecule has 6 nitrogen and oxygen atoms in total. The van der Waals surface area contributed by atoms with Gasteiger partial charge in [0.2, 0.25) is 0 Å². The number of nitrogens with zero attached hydrogens (tertiary/aromatic N) is 4. The molecule has 3 aromatic heterocycles. The summed E-state index contributed by atoms with van der Waals surface area (Å²) in [5.41, 5.74) is 0.754. The number of nitrogens with one attached hydrogen (secondary N) is 1. The molecule has 1 amide bonds. The highest BCUT2D eigenvalue weighted by Crippen LogP contribution is 2.36. The van der Waals surface area contributed by atoms with Gasteiger partial charge in [0.1, 0.15) is 5.69 Å². The number of pyridine rings is 1. The molecule has 4 rings (SSSR count). The zero-order valence-corrected chi connectivity index (χ0v) is 15.1. The summed E-state index contributed by atoms with van der Waals surface area (Å²) in [7, 11) is 0. The highest BCUT2D eigenvalue weighted by atomic mass is 19.4. The number of amides is 1. The molecular formula is C20H14F3N5O. The van der Waals surface area contributed by atoms with E-state index in [4.69, 9.17) is 0 Å². The minimum absolute atomic E-state index is 0.0484. The van der Waals surface area contributed by atoms with Crippen LogP contribution in [0.15, 0.2) is 61.1 Å². The molecule has 0 radical (unpaired) electrons. The van der Waals surface area contributed by atoms with Gasteiger partial charge >= 0.3 is 6.18 Å². The monoisotopic (exact) mass is 397 g/mol. The van der Waals surface area contributed by atoms with Crippen molar-refractivity contribution in [1.82, 2.24) is 19.6 Å². The second kappa shape index (κ2) is 7.01. The van der Waals surface area contributed by atoms with Crippen LogP contribution < -0.4 is 5.32 Å². The van der Waals surface area contributed by atoms with E-state index < -0.39 is 17.6 Å². The number of hydrogen-bond acceptors (Lipinski definition) is 4. The van der Waals surface area contributed by atoms with Gasteiger partial charge in [0.05, 0.1) is 17.0 Å². The first-order valence-corrected chi connectivity index (χ1v) is 8.58. The number of alkyl halides is 3. The van der Waals surface area contributed by atoms with Gasteiger partial charge in [0.15, 0.2) is 5.65 Å². The normalized spacial score (nSPS) is 11.6. The topological polar surface area (TPSA) is 72.2 Å². The van der Waals surface area contributed by atoms with Crippen molar-refractivity contribution in [2.75, 3.05) is 5.32 Å². The fourth-order valence-corrected chi connectivity index (χ4v) is 2.98. The Bertz CT molecular complexity index is 1200. The lowest BCUT2D eigenvalue weighted by Gasteiger charge is -2.12. The third-order valence-electron chi connectivity index (χ3n) is 4.35. The van der Waals surface area contributed by atoms with Crippen LogP contribution in [0.3, 0.4) is 0 Å². The molecule has 0 aliphatic rings. The van der Waals surface area contributed by atoms with Crippen molar-refractivity contribution in [3.63, 3.8) is 0 Å². The van der Waals surface area contributed by atoms with Crippen LogP contribution in [0.1, 0.15) is 21.6 Å². The Morgan fingerprint density at radius 1 is 1.07 bits per heavy atom. The van der Waals surface area contributed by atoms with E-state index in [9.17, 15) is 18.0 Å². The van der Waals surface area contributed by atoms with Crippen molar-refractivity contribution in [3.8, 4) is 11.3 Å². The highest BCUT2D eigenvalue weighted by Gasteiger charge is 2.33. The Morgan fingerprint density at radius 2 is 1.79 bits per heavy atom. The summed E-state index contributed by atoms with van der Waals surface area (Å²) in [5, 5.41) is 7.01. The lowest BCUT2D eigenvalue weighted by Crippen LogP contribution is -2.12. The third kappa shape index (κ3) is 3.54. The Balaban J connectivity index is 1.80. The molecule has 0 unspecified atom stereocenters. The van der Waals surface area contributed by atoms with Gasteiger partial charge in [-0.2, -0.15) is 18.3 Å². The fourth-order valence-electron chi connectivity index (χ4n) is 2.98. The zero-order valence-electron chi connectivity index (χ0n) is 15.1. The molecule has 146 valence electrons. The van der Waals surface area contributed by atoms with Crippen LogP contribution in [0.4, 0.5) is 18.9 Å². The Hall–Kier alpha value is -3.75. The molecule has 29 heavy (non-hydrogen) atoms. The standard InChI is InChI=1S/C20H14F3N5O/c1-12-17(26-19(29)13-6-9-24-10-7-13)18-25-16(8-11-28(18)27-12)14-4-2-3-5-15(14)20(21,22)23/h2-11H,1H3,(H,26,29). The van der Waals surface area contributed by atoms with Crippen LogP contribution >= 0.6 is 0 Å². The molecule has 0 fully saturated rings. The second-order valence-corrected chi connectivity index (χ2v) is 6.27. The smallest absolute Gasteiger partial charge is 0.317 e. The van der Waals surface area contributed by atoms with Crippen molar-refractivity contribution in [2.24, 2.45) is 0 Å². The van der Waals surface area contributed by atoms with E-state index in [-0.39, 0.29) is 16.9 Å². The zero-order chi connectivity index (χ0) is 20.6. The van der Waals surface area contributed by atoms with Gasteiger partial charge < -0.3 is 5.32 Å². The van der Waals surface area contributed by atoms with Gasteiger partial charge in [-0.25, -0.2) is 9.50 Å². The van der Waals surface area contributed by atoms with E-state index in [1.165, 1.54) is 47.4 Å². The van der Waals surface area contributed by atoms with Gasteiger partial charge in [0, 0.05) is 29.7 Å². The number of aryl methyl sites for hydroxylation is 1. The molecule has 4 aromatic rings. The third-order valence-corrected chi connectivity index (χ3v) is 4.35. The Morgan fingerprint density at radius 3 is 2.52 bits per heavy atom. The van der Waals surface area contributed by atoms with Crippen LogP contribution in [-0.2, 0) is 6.18 Å². The van der Waals surface area contributed by atoms with Crippen LogP contribution in [0, 0.1) is 6.92 Å². The molecule has 0 aliphatic heterocycles. The number of benzene rings is 1. The van der Waals surface area contributed by atoms with Crippen molar-refractivity contribution in [2.45, 2.75) is 13.1 Å². The molecule has 3 heterocycles. The van der Waals surface area contributed by atoms with E-state index in [1.807, 2.05) is 0 Å². The fraction of sp³-hybridized carbons (Fsp3) is 0.100. The number of rotatable bonds is 3. The first-order chi connectivity index (χ1) is 13.8. The van der Waals surface area contributed by atoms with Gasteiger partial charge in [-0.05, 0) is 31.2 Å². The van der Waals surface area contributed by atoms with Crippen molar-refractivity contribution in [3.05, 3.63) is 77.9 Å². The predicted molar refractivity (Wildman–Crippen MR) is 100 cm³/mol. The highest BCUT2D eigenvalue weighted by molar-refractivity contribution is 6.06. The largest absolute Gasteiger partial charge is 0.417 e. The average molecular weight is 397 g/mol. The molecule has 0 saturated heterocycles. The van der Waals surface area contributed by atoms with Crippen LogP contribution in [0.5, 0.6) is 0 Å². The molecule has 0 aliphatic carbocycles. The summed E-state index contributed by atoms with van der Waals surface area (Å²) in [6.45, 7) is 1.68. The summed E-state index contributed by atoms with van der Waals surface area (Å²) in [4.78, 5) is 20.7. The average Bonchev–Trinajstić information content (AvgIpc) is 3.02. The van der Waals surface area contributed by atoms with Gasteiger partial charge in [-0.15, -0.1) is 0 Å². The number of carbonyl (C=O) groups is 1. The Labute approximate surface area is 163 Å². The molecule has 0 spiro atoms. The van der Waals surface area contributed by atoms with E-state index in [0.717, 1.165) is 6.07 Å². The maximum absolute atomic E-state index is 13.4. The van der Waals surface area contributed by atoms with Crippen molar-refractivity contribution < 1.29 is 18.0 Å². The van der Waals surface area contributed by atoms with Crippen molar-refractivity contribution >= 4 is 17.2 Å². The van der Waals surface area contributed by atoms with Crippen LogP contribution in [0.25, 0.3) is 16.9 Å². The summed E-state index contributed by atoms with van der Waals surface area (Å²) in [6.07, 6.45) is -0.0243. The molecule has 0 atom stereocenters. The van der Waals surface area contributed by atoms with Gasteiger partial charge in [-0.1, -0.05) is 18.2 Å². The summed E-state index contributed by atoms with van der Waals surface area (Å²) in [5.74, 6) is -0.395. The van der Waals surface area contributed by atoms with Gasteiger partial charge in [-0.3, -0.25) is 9.78 Å². The molecule has 1 aromatic carbocycles. The predicted octanol–water partition coefficient (Wildman–Crippen LogP) is 4.37. The summed E-state index contributed by atoms with van der Waals surface area (Å²) < 4.78 is 41.6. The van der Waals surface area contributed by atoms with Crippen LogP contribution in [-0.4, -0.2) is 25.5 Å². The number of aromatic nitrogens is 4. The number of fused-ring (bicyclic) bond motifs is 1. The minimum Gasteiger partial charge on any atom is -0.317 e. The molecule has 0 bridgehead atoms. The summed E-state index contributed by atoms with van der Waals surface area (Å²) in [6, 6.07) is 9.77. The first kappa shape index (κ1) is 18.6. The number of halogens is 3. The SMILES string of the molecule is Cc1nn2ccc(-c3ccccc3C(F)(F)F)nc2c1NC(=O)c1ccncc1. The molecule has 1 N–H and O–H groups in total. The second-order valence-electron chi connectivity index (χ2n) is 6.27. The number of carbonyl (C=O) groups excluding carboxylic acids is 1. The summed E-state index contributed by atoms with van der Waals surface area (Å²) >= 11 is 0. The molecular weight excluding hydrogens is 383 g/mol. The molecule has 0 saturated carbocycles. The van der Waals surface area contributed by atoms with E-state index in [1.54, 1.807) is 19.1 Å². The Kier molecular flexibility index (Phi) is 4.50. The van der Waals surface area contributed by atoms with Gasteiger partial charge in [0.25, 0.3) is 5.91 Å². The van der Waals surface area contributed by atoms with E-state index in [2.05, 4.69) is 20.4 Å². The van der Waals surface area contributed by atoms with Crippen LogP contribution in [0.2, 0.25) is 0 Å². The number of anilines is 1. The van der Waals surface area contributed by atoms with Crippen molar-refractivity contribution in [1.29, 1.82) is 0 Å². The molecule has 9 heteroatoms. The maximum atomic E-state index is 13.4. The lowest BCUT2D eigenvalue weighted by molar-refractivity contribution is -0.137. The maximum Gasteiger partial charge on any atom is 0.417 e. The van der Waals surface area contributed by atoms with E-state index in [0.29, 0.717) is 16.9 Å². The lowest BCUT2D eigenvalue weighted by atomic mass is 10.0. The number of hydrogen-bond donors (Lipinski definition) is 1. The minimum atomic E-state index is -4.51. The van der Waals surface area contributed by atoms with E-state index >= 15 is 0 Å².